The van der Waals surface area contributed by atoms with Gasteiger partial charge in [0.05, 0.1) is 7.11 Å². The molecule has 0 aliphatic carbocycles. The van der Waals surface area contributed by atoms with E-state index in [1.165, 1.54) is 23.4 Å². The molecule has 0 aliphatic heterocycles. The zero-order valence-corrected chi connectivity index (χ0v) is 11.4. The average molecular weight is 271 g/mol. The van der Waals surface area contributed by atoms with Crippen LogP contribution in [0.25, 0.3) is 10.8 Å². The molecule has 2 aromatic carbocycles. The number of carbonyl (C=O) groups is 1. The van der Waals surface area contributed by atoms with Crippen LogP contribution in [0, 0.1) is 0 Å². The minimum Gasteiger partial charge on any atom is -0.482 e. The van der Waals surface area contributed by atoms with Crippen molar-refractivity contribution in [2.45, 2.75) is 19.3 Å². The molecule has 2 rings (SSSR count). The maximum atomic E-state index is 10.1. The number of rotatable bonds is 6. The van der Waals surface area contributed by atoms with E-state index in [0.29, 0.717) is 12.3 Å². The van der Waals surface area contributed by atoms with E-state index in [4.69, 9.17) is 4.74 Å². The van der Waals surface area contributed by atoms with Crippen LogP contribution in [0.2, 0.25) is 0 Å². The normalized spacial score (nSPS) is 11.3. The molecule has 0 atom stereocenters. The van der Waals surface area contributed by atoms with Gasteiger partial charge in [-0.15, -0.1) is 0 Å². The highest BCUT2D eigenvalue weighted by Gasteiger charge is 2.01. The predicted octanol–water partition coefficient (Wildman–Crippen LogP) is 3.30. The summed E-state index contributed by atoms with van der Waals surface area (Å²) in [7, 11) is 1.52. The van der Waals surface area contributed by atoms with Crippen LogP contribution in [-0.4, -0.2) is 19.5 Å². The van der Waals surface area contributed by atoms with Crippen LogP contribution < -0.4 is 0 Å². The number of benzene rings is 2. The van der Waals surface area contributed by atoms with Crippen molar-refractivity contribution in [2.24, 2.45) is 5.16 Å². The first-order valence-corrected chi connectivity index (χ1v) is 6.51. The number of hydrogen-bond acceptors (Lipinski definition) is 4. The van der Waals surface area contributed by atoms with Gasteiger partial charge >= 0.3 is 6.47 Å². The van der Waals surface area contributed by atoms with E-state index in [0.717, 1.165) is 12.8 Å². The molecule has 0 saturated heterocycles. The monoisotopic (exact) mass is 271 g/mol. The van der Waals surface area contributed by atoms with E-state index in [-0.39, 0.29) is 6.47 Å². The minimum absolute atomic E-state index is 0.280. The molecule has 104 valence electrons. The molecule has 0 heterocycles. The number of nitrogens with zero attached hydrogens (tertiary/aromatic N) is 1. The van der Waals surface area contributed by atoms with Crippen molar-refractivity contribution in [3.63, 3.8) is 0 Å². The Hall–Kier alpha value is -2.36. The Morgan fingerprint density at radius 3 is 2.75 bits per heavy atom. The Bertz CT molecular complexity index is 607. The van der Waals surface area contributed by atoms with Crippen LogP contribution in [0.1, 0.15) is 18.4 Å². The number of ether oxygens (including phenoxy) is 1. The first kappa shape index (κ1) is 14.1. The lowest BCUT2D eigenvalue weighted by atomic mass is 10.0. The summed E-state index contributed by atoms with van der Waals surface area (Å²) in [6.07, 6.45) is 2.44. The molecule has 0 saturated carbocycles. The summed E-state index contributed by atoms with van der Waals surface area (Å²) in [6.45, 7) is 0.280. The van der Waals surface area contributed by atoms with Crippen molar-refractivity contribution >= 4 is 23.1 Å². The van der Waals surface area contributed by atoms with Gasteiger partial charge in [-0.1, -0.05) is 42.5 Å². The van der Waals surface area contributed by atoms with Crippen LogP contribution in [0.4, 0.5) is 0 Å². The maximum Gasteiger partial charge on any atom is 0.323 e. The molecular formula is C16H17NO3. The van der Waals surface area contributed by atoms with Crippen molar-refractivity contribution in [3.8, 4) is 0 Å². The zero-order chi connectivity index (χ0) is 14.2. The Labute approximate surface area is 118 Å². The third-order valence-electron chi connectivity index (χ3n) is 3.10. The number of carbonyl (C=O) groups excluding carboxylic acids is 1. The zero-order valence-electron chi connectivity index (χ0n) is 11.4. The molecule has 2 aromatic rings. The van der Waals surface area contributed by atoms with Crippen LogP contribution in [-0.2, 0) is 20.8 Å². The Balaban J connectivity index is 1.93. The highest BCUT2D eigenvalue weighted by Crippen LogP contribution is 2.17. The Morgan fingerprint density at radius 2 is 2.00 bits per heavy atom. The quantitative estimate of drug-likeness (QED) is 0.266. The molecular weight excluding hydrogens is 254 g/mol. The van der Waals surface area contributed by atoms with E-state index in [1.807, 2.05) is 12.1 Å². The van der Waals surface area contributed by atoms with E-state index in [2.05, 4.69) is 40.3 Å². The molecule has 4 nitrogen and oxygen atoms in total. The fraction of sp³-hybridized carbons (Fsp3) is 0.250. The largest absolute Gasteiger partial charge is 0.482 e. The fourth-order valence-corrected chi connectivity index (χ4v) is 2.10. The molecule has 0 radical (unpaired) electrons. The number of aryl methyl sites for hydroxylation is 1. The van der Waals surface area contributed by atoms with Crippen molar-refractivity contribution < 1.29 is 14.4 Å². The highest BCUT2D eigenvalue weighted by molar-refractivity contribution is 5.83. The predicted molar refractivity (Wildman–Crippen MR) is 78.5 cm³/mol. The molecule has 0 spiro atoms. The number of oxime groups is 1. The third-order valence-corrected chi connectivity index (χ3v) is 3.10. The average Bonchev–Trinajstić information content (AvgIpc) is 2.50. The van der Waals surface area contributed by atoms with Gasteiger partial charge in [-0.2, -0.15) is 0 Å². The minimum atomic E-state index is 0.280. The lowest BCUT2D eigenvalue weighted by molar-refractivity contribution is -0.128. The van der Waals surface area contributed by atoms with Crippen molar-refractivity contribution in [1.29, 1.82) is 0 Å². The summed E-state index contributed by atoms with van der Waals surface area (Å²) in [5.74, 6) is 0.429. The van der Waals surface area contributed by atoms with Gasteiger partial charge in [0.1, 0.15) is 0 Å². The van der Waals surface area contributed by atoms with Crippen LogP contribution in [0.3, 0.4) is 0 Å². The molecule has 0 N–H and O–H groups in total. The van der Waals surface area contributed by atoms with Gasteiger partial charge in [-0.25, -0.2) is 0 Å². The molecule has 0 aromatic heterocycles. The van der Waals surface area contributed by atoms with Crippen molar-refractivity contribution in [1.82, 2.24) is 0 Å². The van der Waals surface area contributed by atoms with Gasteiger partial charge in [0.15, 0.2) is 0 Å². The topological polar surface area (TPSA) is 47.9 Å². The standard InChI is InChI=1S/C16H17NO3/c1-19-16(17-20-12-18)8-4-5-13-9-10-14-6-2-3-7-15(14)11-13/h2-3,6-7,9-12H,4-5,8H2,1H3/b17-16-. The molecule has 0 fully saturated rings. The molecule has 4 heteroatoms. The first-order valence-electron chi connectivity index (χ1n) is 6.51. The van der Waals surface area contributed by atoms with Crippen molar-refractivity contribution in [3.05, 3.63) is 48.0 Å². The smallest absolute Gasteiger partial charge is 0.323 e. The summed E-state index contributed by atoms with van der Waals surface area (Å²) in [6, 6.07) is 14.7. The summed E-state index contributed by atoms with van der Waals surface area (Å²) < 4.78 is 5.03. The second-order valence-electron chi connectivity index (χ2n) is 4.43. The van der Waals surface area contributed by atoms with Gasteiger partial charge < -0.3 is 9.57 Å². The molecule has 0 bridgehead atoms. The highest BCUT2D eigenvalue weighted by atomic mass is 16.7. The lowest BCUT2D eigenvalue weighted by Gasteiger charge is -2.05. The lowest BCUT2D eigenvalue weighted by Crippen LogP contribution is -2.03. The van der Waals surface area contributed by atoms with Crippen LogP contribution in [0.15, 0.2) is 47.6 Å². The Morgan fingerprint density at radius 1 is 1.20 bits per heavy atom. The summed E-state index contributed by atoms with van der Waals surface area (Å²) in [4.78, 5) is 14.4. The van der Waals surface area contributed by atoms with E-state index in [9.17, 15) is 4.79 Å². The summed E-state index contributed by atoms with van der Waals surface area (Å²) in [5.41, 5.74) is 1.27. The fourth-order valence-electron chi connectivity index (χ4n) is 2.10. The van der Waals surface area contributed by atoms with Gasteiger partial charge in [0, 0.05) is 6.42 Å². The summed E-state index contributed by atoms with van der Waals surface area (Å²) in [5, 5.41) is 6.06. The number of fused-ring (bicyclic) bond motifs is 1. The second-order valence-corrected chi connectivity index (χ2v) is 4.43. The van der Waals surface area contributed by atoms with Crippen molar-refractivity contribution in [2.75, 3.05) is 7.11 Å². The van der Waals surface area contributed by atoms with Gasteiger partial charge in [-0.3, -0.25) is 4.79 Å². The van der Waals surface area contributed by atoms with E-state index in [1.54, 1.807) is 0 Å². The van der Waals surface area contributed by atoms with Crippen LogP contribution in [0.5, 0.6) is 0 Å². The SMILES string of the molecule is CO/C(CCCc1ccc2ccccc2c1)=N\OC=O. The third kappa shape index (κ3) is 3.82. The van der Waals surface area contributed by atoms with E-state index >= 15 is 0 Å². The van der Waals surface area contributed by atoms with Gasteiger partial charge in [0.25, 0.3) is 0 Å². The first-order chi connectivity index (χ1) is 9.83. The van der Waals surface area contributed by atoms with Gasteiger partial charge in [-0.05, 0) is 34.3 Å². The molecule has 0 aliphatic rings. The maximum absolute atomic E-state index is 10.1. The Kier molecular flexibility index (Phi) is 5.12. The molecule has 20 heavy (non-hydrogen) atoms. The summed E-state index contributed by atoms with van der Waals surface area (Å²) >= 11 is 0. The number of hydrogen-bond donors (Lipinski definition) is 0. The number of methoxy groups -OCH3 is 1. The molecule has 0 amide bonds. The van der Waals surface area contributed by atoms with E-state index < -0.39 is 0 Å². The van der Waals surface area contributed by atoms with Gasteiger partial charge in [0.2, 0.25) is 5.90 Å². The second kappa shape index (κ2) is 7.28. The molecule has 0 unspecified atom stereocenters. The van der Waals surface area contributed by atoms with Crippen LogP contribution >= 0.6 is 0 Å².